The lowest BCUT2D eigenvalue weighted by Crippen LogP contribution is -2.44. The van der Waals surface area contributed by atoms with Crippen LogP contribution < -0.4 is 5.73 Å². The minimum atomic E-state index is -1.61. The number of carbonyl (C=O) groups is 1. The third-order valence-corrected chi connectivity index (χ3v) is 2.21. The third-order valence-electron chi connectivity index (χ3n) is 2.21. The molecule has 88 valence electrons. The predicted molar refractivity (Wildman–Crippen MR) is 54.7 cm³/mol. The average Bonchev–Trinajstić information content (AvgIpc) is 2.27. The summed E-state index contributed by atoms with van der Waals surface area (Å²) in [6.07, 6.45) is -3.02. The number of benzene rings is 1. The molecule has 0 aromatic heterocycles. The topological polar surface area (TPSA) is 124 Å². The van der Waals surface area contributed by atoms with Gasteiger partial charge >= 0.3 is 5.97 Å². The van der Waals surface area contributed by atoms with Crippen molar-refractivity contribution in [2.75, 3.05) is 0 Å². The van der Waals surface area contributed by atoms with Crippen molar-refractivity contribution in [3.8, 4) is 5.75 Å². The molecule has 6 N–H and O–H groups in total. The highest BCUT2D eigenvalue weighted by Crippen LogP contribution is 2.20. The molecule has 3 atom stereocenters. The van der Waals surface area contributed by atoms with E-state index in [9.17, 15) is 15.0 Å². The number of carboxylic acids is 1. The fourth-order valence-electron chi connectivity index (χ4n) is 1.21. The standard InChI is InChI=1S/C10H13NO5/c11-7(10(15)16)9(14)8(13)5-1-3-6(12)4-2-5/h1-4,7-9,12-14H,11H2,(H,15,16)/t7-,8-,9-/m0/s1. The third kappa shape index (κ3) is 2.69. The molecule has 1 aromatic carbocycles. The summed E-state index contributed by atoms with van der Waals surface area (Å²) in [5.74, 6) is -1.39. The van der Waals surface area contributed by atoms with E-state index >= 15 is 0 Å². The monoisotopic (exact) mass is 227 g/mol. The van der Waals surface area contributed by atoms with E-state index in [1.54, 1.807) is 0 Å². The van der Waals surface area contributed by atoms with E-state index in [4.69, 9.17) is 15.9 Å². The zero-order chi connectivity index (χ0) is 12.3. The van der Waals surface area contributed by atoms with Gasteiger partial charge in [-0.1, -0.05) is 12.1 Å². The lowest BCUT2D eigenvalue weighted by Gasteiger charge is -2.21. The largest absolute Gasteiger partial charge is 0.508 e. The van der Waals surface area contributed by atoms with Gasteiger partial charge in [0.05, 0.1) is 0 Å². The molecule has 6 heteroatoms. The highest BCUT2D eigenvalue weighted by molar-refractivity contribution is 5.74. The Morgan fingerprint density at radius 2 is 1.69 bits per heavy atom. The van der Waals surface area contributed by atoms with E-state index in [1.165, 1.54) is 24.3 Å². The molecule has 0 spiro atoms. The molecule has 0 saturated carbocycles. The SMILES string of the molecule is N[C@H](C(=O)O)[C@H](O)[C@@H](O)c1ccc(O)cc1. The molecule has 0 radical (unpaired) electrons. The van der Waals surface area contributed by atoms with Crippen molar-refractivity contribution < 1.29 is 25.2 Å². The van der Waals surface area contributed by atoms with E-state index in [2.05, 4.69) is 0 Å². The molecule has 0 fully saturated rings. The van der Waals surface area contributed by atoms with Crippen molar-refractivity contribution in [1.29, 1.82) is 0 Å². The maximum Gasteiger partial charge on any atom is 0.323 e. The molecule has 0 heterocycles. The molecule has 0 saturated heterocycles. The Balaban J connectivity index is 2.81. The number of carboxylic acid groups (broad SMARTS) is 1. The summed E-state index contributed by atoms with van der Waals surface area (Å²) in [5.41, 5.74) is 5.45. The van der Waals surface area contributed by atoms with Crippen molar-refractivity contribution >= 4 is 5.97 Å². The van der Waals surface area contributed by atoms with Gasteiger partial charge in [-0.2, -0.15) is 0 Å². The summed E-state index contributed by atoms with van der Waals surface area (Å²) in [7, 11) is 0. The van der Waals surface area contributed by atoms with E-state index in [0.717, 1.165) is 0 Å². The van der Waals surface area contributed by atoms with Crippen molar-refractivity contribution in [2.45, 2.75) is 18.2 Å². The normalized spacial score (nSPS) is 16.4. The number of hydrogen-bond donors (Lipinski definition) is 5. The molecule has 1 aromatic rings. The second kappa shape index (κ2) is 4.93. The first-order chi connectivity index (χ1) is 7.43. The van der Waals surface area contributed by atoms with Gasteiger partial charge in [0, 0.05) is 0 Å². The lowest BCUT2D eigenvalue weighted by atomic mass is 9.99. The van der Waals surface area contributed by atoms with Gasteiger partial charge in [0.2, 0.25) is 0 Å². The molecule has 0 bridgehead atoms. The van der Waals surface area contributed by atoms with Crippen LogP contribution in [0.2, 0.25) is 0 Å². The van der Waals surface area contributed by atoms with Crippen LogP contribution in [0.3, 0.4) is 0 Å². The molecule has 0 aliphatic heterocycles. The van der Waals surface area contributed by atoms with Crippen LogP contribution in [-0.2, 0) is 4.79 Å². The molecular formula is C10H13NO5. The minimum absolute atomic E-state index is 0.00738. The number of aliphatic hydroxyl groups excluding tert-OH is 2. The van der Waals surface area contributed by atoms with Crippen molar-refractivity contribution in [3.05, 3.63) is 29.8 Å². The van der Waals surface area contributed by atoms with Crippen LogP contribution in [0.4, 0.5) is 0 Å². The van der Waals surface area contributed by atoms with E-state index in [0.29, 0.717) is 0 Å². The van der Waals surface area contributed by atoms with Gasteiger partial charge in [-0.25, -0.2) is 0 Å². The number of aliphatic hydroxyl groups is 2. The van der Waals surface area contributed by atoms with Crippen molar-refractivity contribution in [3.63, 3.8) is 0 Å². The summed E-state index contributed by atoms with van der Waals surface area (Å²) >= 11 is 0. The maximum atomic E-state index is 10.5. The Morgan fingerprint density at radius 3 is 2.12 bits per heavy atom. The van der Waals surface area contributed by atoms with Crippen LogP contribution in [-0.4, -0.2) is 38.5 Å². The zero-order valence-corrected chi connectivity index (χ0v) is 8.32. The Kier molecular flexibility index (Phi) is 3.83. The number of rotatable bonds is 4. The highest BCUT2D eigenvalue weighted by Gasteiger charge is 2.29. The van der Waals surface area contributed by atoms with Gasteiger partial charge in [-0.15, -0.1) is 0 Å². The smallest absolute Gasteiger partial charge is 0.323 e. The first kappa shape index (κ1) is 12.4. The number of nitrogens with two attached hydrogens (primary N) is 1. The highest BCUT2D eigenvalue weighted by atomic mass is 16.4. The first-order valence-corrected chi connectivity index (χ1v) is 4.57. The molecule has 0 unspecified atom stereocenters. The van der Waals surface area contributed by atoms with Gasteiger partial charge in [-0.05, 0) is 17.7 Å². The first-order valence-electron chi connectivity index (χ1n) is 4.57. The van der Waals surface area contributed by atoms with Crippen LogP contribution in [0.15, 0.2) is 24.3 Å². The predicted octanol–water partition coefficient (Wildman–Crippen LogP) is -0.802. The van der Waals surface area contributed by atoms with Crippen LogP contribution in [0.5, 0.6) is 5.75 Å². The fraction of sp³-hybridized carbons (Fsp3) is 0.300. The molecule has 6 nitrogen and oxygen atoms in total. The van der Waals surface area contributed by atoms with Crippen molar-refractivity contribution in [2.24, 2.45) is 5.73 Å². The second-order valence-corrected chi connectivity index (χ2v) is 3.39. The van der Waals surface area contributed by atoms with E-state index in [-0.39, 0.29) is 11.3 Å². The summed E-state index contributed by atoms with van der Waals surface area (Å²) in [5, 5.41) is 36.7. The Hall–Kier alpha value is -1.63. The van der Waals surface area contributed by atoms with Gasteiger partial charge in [-0.3, -0.25) is 4.79 Å². The minimum Gasteiger partial charge on any atom is -0.508 e. The number of aliphatic carboxylic acids is 1. The molecule has 16 heavy (non-hydrogen) atoms. The van der Waals surface area contributed by atoms with Gasteiger partial charge < -0.3 is 26.2 Å². The number of aromatic hydroxyl groups is 1. The van der Waals surface area contributed by atoms with Crippen LogP contribution in [0.1, 0.15) is 11.7 Å². The zero-order valence-electron chi connectivity index (χ0n) is 8.32. The van der Waals surface area contributed by atoms with Gasteiger partial charge in [0.15, 0.2) is 0 Å². The van der Waals surface area contributed by atoms with E-state index in [1.807, 2.05) is 0 Å². The van der Waals surface area contributed by atoms with Crippen LogP contribution in [0, 0.1) is 0 Å². The maximum absolute atomic E-state index is 10.5. The fourth-order valence-corrected chi connectivity index (χ4v) is 1.21. The molecule has 0 aliphatic rings. The van der Waals surface area contributed by atoms with Gasteiger partial charge in [0.1, 0.15) is 24.0 Å². The average molecular weight is 227 g/mol. The molecular weight excluding hydrogens is 214 g/mol. The van der Waals surface area contributed by atoms with E-state index < -0.39 is 24.2 Å². The van der Waals surface area contributed by atoms with Crippen LogP contribution in [0.25, 0.3) is 0 Å². The molecule has 1 rings (SSSR count). The Morgan fingerprint density at radius 1 is 1.19 bits per heavy atom. The van der Waals surface area contributed by atoms with Crippen molar-refractivity contribution in [1.82, 2.24) is 0 Å². The molecule has 0 aliphatic carbocycles. The lowest BCUT2D eigenvalue weighted by molar-refractivity contribution is -0.143. The summed E-state index contributed by atoms with van der Waals surface area (Å²) < 4.78 is 0. The summed E-state index contributed by atoms with van der Waals surface area (Å²) in [6.45, 7) is 0. The number of hydrogen-bond acceptors (Lipinski definition) is 5. The molecule has 0 amide bonds. The summed E-state index contributed by atoms with van der Waals surface area (Å²) in [6, 6.07) is 3.81. The summed E-state index contributed by atoms with van der Waals surface area (Å²) in [4.78, 5) is 10.5. The van der Waals surface area contributed by atoms with Gasteiger partial charge in [0.25, 0.3) is 0 Å². The number of phenols is 1. The Labute approximate surface area is 91.6 Å². The quantitative estimate of drug-likeness (QED) is 0.458. The Bertz CT molecular complexity index is 364. The van der Waals surface area contributed by atoms with Crippen LogP contribution >= 0.6 is 0 Å². The number of phenolic OH excluding ortho intramolecular Hbond substituents is 1. The second-order valence-electron chi connectivity index (χ2n) is 3.39.